The number of nitrogens with zero attached hydrogens (tertiary/aromatic N) is 1. The average molecular weight is 206 g/mol. The smallest absolute Gasteiger partial charge is 0.107 e. The molecule has 0 bridgehead atoms. The van der Waals surface area contributed by atoms with Gasteiger partial charge in [-0.2, -0.15) is 5.26 Å². The number of aliphatic hydroxyl groups excluding tert-OH is 2. The monoisotopic (exact) mass is 206 g/mol. The number of nitrogens with one attached hydrogen (secondary N) is 1. The fourth-order valence-electron chi connectivity index (χ4n) is 1.38. The van der Waals surface area contributed by atoms with Crippen LogP contribution in [0.1, 0.15) is 17.2 Å². The minimum atomic E-state index is -1.03. The molecule has 0 aliphatic carbocycles. The molecule has 0 heterocycles. The Bertz CT molecular complexity index is 360. The number of nitriles is 1. The van der Waals surface area contributed by atoms with E-state index >= 15 is 0 Å². The Labute approximate surface area is 88.8 Å². The highest BCUT2D eigenvalue weighted by molar-refractivity contribution is 5.39. The van der Waals surface area contributed by atoms with Crippen LogP contribution in [0.2, 0.25) is 0 Å². The van der Waals surface area contributed by atoms with Gasteiger partial charge in [-0.05, 0) is 13.1 Å². The molecule has 2 unspecified atom stereocenters. The number of hydrogen-bond acceptors (Lipinski definition) is 4. The fraction of sp³-hybridized carbons (Fsp3) is 0.364. The predicted octanol–water partition coefficient (Wildman–Crippen LogP) is 0.172. The van der Waals surface area contributed by atoms with Crippen molar-refractivity contribution >= 4 is 0 Å². The van der Waals surface area contributed by atoms with Crippen LogP contribution in [0.3, 0.4) is 0 Å². The van der Waals surface area contributed by atoms with Crippen molar-refractivity contribution in [3.8, 4) is 6.07 Å². The summed E-state index contributed by atoms with van der Waals surface area (Å²) in [5.41, 5.74) is 0.850. The molecule has 4 heteroatoms. The molecule has 1 rings (SSSR count). The zero-order valence-corrected chi connectivity index (χ0v) is 8.51. The lowest BCUT2D eigenvalue weighted by molar-refractivity contribution is 0.0201. The first-order valence-electron chi connectivity index (χ1n) is 4.70. The molecule has 1 aromatic carbocycles. The van der Waals surface area contributed by atoms with Crippen molar-refractivity contribution in [2.75, 3.05) is 13.6 Å². The van der Waals surface area contributed by atoms with Gasteiger partial charge in [0.2, 0.25) is 0 Å². The summed E-state index contributed by atoms with van der Waals surface area (Å²) < 4.78 is 0. The molecule has 0 spiro atoms. The van der Waals surface area contributed by atoms with E-state index in [1.54, 1.807) is 31.3 Å². The lowest BCUT2D eigenvalue weighted by Crippen LogP contribution is -2.29. The molecule has 2 atom stereocenters. The van der Waals surface area contributed by atoms with Gasteiger partial charge in [0.25, 0.3) is 0 Å². The van der Waals surface area contributed by atoms with Crippen LogP contribution >= 0.6 is 0 Å². The van der Waals surface area contributed by atoms with E-state index in [4.69, 9.17) is 5.26 Å². The number of rotatable bonds is 4. The van der Waals surface area contributed by atoms with Gasteiger partial charge >= 0.3 is 0 Å². The van der Waals surface area contributed by atoms with E-state index in [1.165, 1.54) is 0 Å². The van der Waals surface area contributed by atoms with Crippen molar-refractivity contribution in [3.05, 3.63) is 35.4 Å². The molecule has 0 aliphatic rings. The van der Waals surface area contributed by atoms with Gasteiger partial charge in [-0.15, -0.1) is 0 Å². The molecule has 80 valence electrons. The van der Waals surface area contributed by atoms with Crippen molar-refractivity contribution < 1.29 is 10.2 Å². The molecule has 0 saturated heterocycles. The maximum Gasteiger partial charge on any atom is 0.107 e. The third-order valence-corrected chi connectivity index (χ3v) is 2.18. The first-order chi connectivity index (χ1) is 7.20. The Hall–Kier alpha value is -1.41. The van der Waals surface area contributed by atoms with Gasteiger partial charge in [0.05, 0.1) is 17.7 Å². The second-order valence-corrected chi connectivity index (χ2v) is 3.27. The normalized spacial score (nSPS) is 14.3. The highest BCUT2D eigenvalue weighted by atomic mass is 16.3. The van der Waals surface area contributed by atoms with E-state index in [0.717, 1.165) is 0 Å². The third-order valence-electron chi connectivity index (χ3n) is 2.18. The molecule has 0 aromatic heterocycles. The predicted molar refractivity (Wildman–Crippen MR) is 56.1 cm³/mol. The lowest BCUT2D eigenvalue weighted by atomic mass is 9.99. The Morgan fingerprint density at radius 3 is 2.67 bits per heavy atom. The second-order valence-electron chi connectivity index (χ2n) is 3.27. The molecule has 0 amide bonds. The van der Waals surface area contributed by atoms with E-state index in [1.807, 2.05) is 6.07 Å². The van der Waals surface area contributed by atoms with Gasteiger partial charge in [0, 0.05) is 12.1 Å². The van der Waals surface area contributed by atoms with Gasteiger partial charge in [0.15, 0.2) is 0 Å². The molecule has 1 aromatic rings. The van der Waals surface area contributed by atoms with E-state index in [2.05, 4.69) is 5.32 Å². The molecule has 0 saturated carbocycles. The lowest BCUT2D eigenvalue weighted by Gasteiger charge is -2.18. The van der Waals surface area contributed by atoms with Crippen LogP contribution in [0.25, 0.3) is 0 Å². The Kier molecular flexibility index (Phi) is 4.25. The molecule has 15 heavy (non-hydrogen) atoms. The standard InChI is InChI=1S/C11H14N2O2/c1-13-7-10(14)11(15)9-5-3-2-4-8(9)6-12/h2-5,10-11,13-15H,7H2,1H3. The Morgan fingerprint density at radius 1 is 1.40 bits per heavy atom. The summed E-state index contributed by atoms with van der Waals surface area (Å²) in [5, 5.41) is 30.9. The molecule has 0 radical (unpaired) electrons. The zero-order valence-electron chi connectivity index (χ0n) is 8.51. The van der Waals surface area contributed by atoms with E-state index in [0.29, 0.717) is 11.1 Å². The van der Waals surface area contributed by atoms with Crippen LogP contribution < -0.4 is 5.32 Å². The van der Waals surface area contributed by atoms with Crippen molar-refractivity contribution in [2.24, 2.45) is 0 Å². The third kappa shape index (κ3) is 2.77. The Morgan fingerprint density at radius 2 is 2.07 bits per heavy atom. The van der Waals surface area contributed by atoms with Crippen molar-refractivity contribution in [2.45, 2.75) is 12.2 Å². The molecule has 3 N–H and O–H groups in total. The van der Waals surface area contributed by atoms with Gasteiger partial charge in [-0.25, -0.2) is 0 Å². The average Bonchev–Trinajstić information content (AvgIpc) is 2.28. The SMILES string of the molecule is CNCC(O)C(O)c1ccccc1C#N. The highest BCUT2D eigenvalue weighted by Gasteiger charge is 2.19. The number of benzene rings is 1. The molecular weight excluding hydrogens is 192 g/mol. The van der Waals surface area contributed by atoms with Crippen LogP contribution in [0.4, 0.5) is 0 Å². The first kappa shape index (κ1) is 11.7. The topological polar surface area (TPSA) is 76.3 Å². The molecular formula is C11H14N2O2. The summed E-state index contributed by atoms with van der Waals surface area (Å²) in [7, 11) is 1.69. The minimum absolute atomic E-state index is 0.279. The van der Waals surface area contributed by atoms with Crippen molar-refractivity contribution in [1.82, 2.24) is 5.32 Å². The van der Waals surface area contributed by atoms with Crippen LogP contribution in [0.15, 0.2) is 24.3 Å². The Balaban J connectivity index is 2.91. The van der Waals surface area contributed by atoms with E-state index < -0.39 is 12.2 Å². The van der Waals surface area contributed by atoms with Crippen molar-refractivity contribution in [3.63, 3.8) is 0 Å². The zero-order chi connectivity index (χ0) is 11.3. The first-order valence-corrected chi connectivity index (χ1v) is 4.70. The molecule has 0 aliphatic heterocycles. The quantitative estimate of drug-likeness (QED) is 0.656. The highest BCUT2D eigenvalue weighted by Crippen LogP contribution is 2.20. The maximum absolute atomic E-state index is 9.79. The number of hydrogen-bond donors (Lipinski definition) is 3. The molecule has 0 fully saturated rings. The summed E-state index contributed by atoms with van der Waals surface area (Å²) in [5.74, 6) is 0. The minimum Gasteiger partial charge on any atom is -0.389 e. The van der Waals surface area contributed by atoms with Gasteiger partial charge in [0.1, 0.15) is 6.10 Å². The van der Waals surface area contributed by atoms with E-state index in [-0.39, 0.29) is 6.54 Å². The van der Waals surface area contributed by atoms with Gasteiger partial charge < -0.3 is 15.5 Å². The van der Waals surface area contributed by atoms with Gasteiger partial charge in [-0.1, -0.05) is 18.2 Å². The van der Waals surface area contributed by atoms with Crippen LogP contribution in [0.5, 0.6) is 0 Å². The van der Waals surface area contributed by atoms with E-state index in [9.17, 15) is 10.2 Å². The van der Waals surface area contributed by atoms with Gasteiger partial charge in [-0.3, -0.25) is 0 Å². The summed E-state index contributed by atoms with van der Waals surface area (Å²) in [6.45, 7) is 0.279. The summed E-state index contributed by atoms with van der Waals surface area (Å²) >= 11 is 0. The van der Waals surface area contributed by atoms with Crippen LogP contribution in [-0.2, 0) is 0 Å². The number of aliphatic hydroxyl groups is 2. The summed E-state index contributed by atoms with van der Waals surface area (Å²) in [4.78, 5) is 0. The van der Waals surface area contributed by atoms with Crippen molar-refractivity contribution in [1.29, 1.82) is 5.26 Å². The maximum atomic E-state index is 9.79. The largest absolute Gasteiger partial charge is 0.389 e. The van der Waals surface area contributed by atoms with Crippen LogP contribution in [-0.4, -0.2) is 29.9 Å². The second kappa shape index (κ2) is 5.47. The number of likely N-dealkylation sites (N-methyl/N-ethyl adjacent to an activating group) is 1. The molecule has 4 nitrogen and oxygen atoms in total. The van der Waals surface area contributed by atoms with Crippen LogP contribution in [0, 0.1) is 11.3 Å². The fourth-order valence-corrected chi connectivity index (χ4v) is 1.38. The summed E-state index contributed by atoms with van der Waals surface area (Å²) in [6, 6.07) is 8.69. The summed E-state index contributed by atoms with van der Waals surface area (Å²) in [6.07, 6.45) is -1.95.